The number of rotatable bonds is 3. The first kappa shape index (κ1) is 12.8. The number of alkyl halides is 2. The molecule has 7 heteroatoms. The SMILES string of the molecule is COC(=O)Cc1nc(C#N)cc(C(F)F)c1N. The van der Waals surface area contributed by atoms with Crippen LogP contribution in [-0.4, -0.2) is 18.1 Å². The molecule has 1 rings (SSSR count). The van der Waals surface area contributed by atoms with Crippen LogP contribution in [-0.2, 0) is 16.0 Å². The summed E-state index contributed by atoms with van der Waals surface area (Å²) in [6, 6.07) is 2.53. The van der Waals surface area contributed by atoms with Gasteiger partial charge in [0.1, 0.15) is 11.8 Å². The number of nitrogen functional groups attached to an aromatic ring is 1. The van der Waals surface area contributed by atoms with Gasteiger partial charge in [0.2, 0.25) is 0 Å². The lowest BCUT2D eigenvalue weighted by atomic mass is 10.1. The van der Waals surface area contributed by atoms with Crippen molar-refractivity contribution < 1.29 is 18.3 Å². The molecule has 0 saturated carbocycles. The molecule has 0 spiro atoms. The van der Waals surface area contributed by atoms with Gasteiger partial charge in [0.15, 0.2) is 0 Å². The van der Waals surface area contributed by atoms with E-state index < -0.39 is 18.0 Å². The second-order valence-corrected chi connectivity index (χ2v) is 3.12. The summed E-state index contributed by atoms with van der Waals surface area (Å²) in [5.41, 5.74) is 4.37. The van der Waals surface area contributed by atoms with E-state index >= 15 is 0 Å². The van der Waals surface area contributed by atoms with Crippen LogP contribution < -0.4 is 5.73 Å². The number of halogens is 2. The number of aromatic nitrogens is 1. The normalized spacial score (nSPS) is 10.1. The van der Waals surface area contributed by atoms with Crippen molar-refractivity contribution in [1.82, 2.24) is 4.98 Å². The molecule has 0 aliphatic carbocycles. The van der Waals surface area contributed by atoms with Gasteiger partial charge < -0.3 is 10.5 Å². The fourth-order valence-electron chi connectivity index (χ4n) is 1.21. The second kappa shape index (κ2) is 5.21. The van der Waals surface area contributed by atoms with Gasteiger partial charge in [-0.25, -0.2) is 13.8 Å². The van der Waals surface area contributed by atoms with Crippen LogP contribution >= 0.6 is 0 Å². The van der Waals surface area contributed by atoms with E-state index in [9.17, 15) is 13.6 Å². The number of ether oxygens (including phenoxy) is 1. The molecule has 1 heterocycles. The number of nitrogens with zero attached hydrogens (tertiary/aromatic N) is 2. The Balaban J connectivity index is 3.25. The molecule has 90 valence electrons. The van der Waals surface area contributed by atoms with Crippen LogP contribution in [0.5, 0.6) is 0 Å². The van der Waals surface area contributed by atoms with Crippen LogP contribution in [0.4, 0.5) is 14.5 Å². The van der Waals surface area contributed by atoms with E-state index in [0.29, 0.717) is 0 Å². The smallest absolute Gasteiger partial charge is 0.311 e. The first-order valence-corrected chi connectivity index (χ1v) is 4.54. The van der Waals surface area contributed by atoms with Crippen molar-refractivity contribution in [2.45, 2.75) is 12.8 Å². The van der Waals surface area contributed by atoms with Crippen molar-refractivity contribution in [3.63, 3.8) is 0 Å². The zero-order valence-electron chi connectivity index (χ0n) is 8.91. The second-order valence-electron chi connectivity index (χ2n) is 3.12. The molecule has 0 aromatic carbocycles. The summed E-state index contributed by atoms with van der Waals surface area (Å²) in [4.78, 5) is 14.7. The maximum atomic E-state index is 12.6. The summed E-state index contributed by atoms with van der Waals surface area (Å²) in [5.74, 6) is -0.667. The number of esters is 1. The highest BCUT2D eigenvalue weighted by atomic mass is 19.3. The highest BCUT2D eigenvalue weighted by molar-refractivity contribution is 5.74. The van der Waals surface area contributed by atoms with E-state index in [4.69, 9.17) is 11.0 Å². The Hall–Kier alpha value is -2.23. The molecular formula is C10H9F2N3O2. The Kier molecular flexibility index (Phi) is 3.93. The van der Waals surface area contributed by atoms with Crippen molar-refractivity contribution in [2.24, 2.45) is 0 Å². The van der Waals surface area contributed by atoms with Gasteiger partial charge in [-0.3, -0.25) is 4.79 Å². The van der Waals surface area contributed by atoms with E-state index in [-0.39, 0.29) is 23.5 Å². The van der Waals surface area contributed by atoms with Crippen molar-refractivity contribution >= 4 is 11.7 Å². The van der Waals surface area contributed by atoms with Gasteiger partial charge in [-0.2, -0.15) is 5.26 Å². The third-order valence-corrected chi connectivity index (χ3v) is 2.06. The van der Waals surface area contributed by atoms with Crippen LogP contribution in [0.3, 0.4) is 0 Å². The third kappa shape index (κ3) is 2.87. The van der Waals surface area contributed by atoms with Gasteiger partial charge in [0.25, 0.3) is 6.43 Å². The average Bonchev–Trinajstić information content (AvgIpc) is 2.31. The molecule has 0 atom stereocenters. The predicted molar refractivity (Wildman–Crippen MR) is 54.0 cm³/mol. The van der Waals surface area contributed by atoms with Crippen LogP contribution in [0.1, 0.15) is 23.4 Å². The average molecular weight is 241 g/mol. The molecule has 0 radical (unpaired) electrons. The molecule has 2 N–H and O–H groups in total. The number of hydrogen-bond donors (Lipinski definition) is 1. The summed E-state index contributed by atoms with van der Waals surface area (Å²) >= 11 is 0. The van der Waals surface area contributed by atoms with Gasteiger partial charge in [0, 0.05) is 5.56 Å². The topological polar surface area (TPSA) is 89.0 Å². The van der Waals surface area contributed by atoms with Crippen LogP contribution in [0.2, 0.25) is 0 Å². The highest BCUT2D eigenvalue weighted by Gasteiger charge is 2.19. The van der Waals surface area contributed by atoms with Crippen LogP contribution in [0.25, 0.3) is 0 Å². The molecule has 0 aliphatic heterocycles. The van der Waals surface area contributed by atoms with E-state index in [1.54, 1.807) is 6.07 Å². The molecule has 0 fully saturated rings. The Morgan fingerprint density at radius 2 is 2.35 bits per heavy atom. The fraction of sp³-hybridized carbons (Fsp3) is 0.300. The van der Waals surface area contributed by atoms with Crippen LogP contribution in [0, 0.1) is 11.3 Å². The summed E-state index contributed by atoms with van der Waals surface area (Å²) in [7, 11) is 1.15. The standard InChI is InChI=1S/C10H9F2N3O2/c1-17-8(16)3-7-9(14)6(10(11)12)2-5(4-13)15-7/h2,10H,3,14H2,1H3. The lowest BCUT2D eigenvalue weighted by Gasteiger charge is -2.09. The lowest BCUT2D eigenvalue weighted by Crippen LogP contribution is -2.11. The van der Waals surface area contributed by atoms with Gasteiger partial charge in [-0.05, 0) is 6.07 Å². The van der Waals surface area contributed by atoms with E-state index in [1.807, 2.05) is 0 Å². The number of nitrogens with two attached hydrogens (primary N) is 1. The fourth-order valence-corrected chi connectivity index (χ4v) is 1.21. The highest BCUT2D eigenvalue weighted by Crippen LogP contribution is 2.27. The molecule has 17 heavy (non-hydrogen) atoms. The number of carbonyl (C=O) groups excluding carboxylic acids is 1. The molecule has 1 aromatic heterocycles. The minimum atomic E-state index is -2.83. The summed E-state index contributed by atoms with van der Waals surface area (Å²) in [6.45, 7) is 0. The first-order chi connectivity index (χ1) is 7.99. The van der Waals surface area contributed by atoms with Gasteiger partial charge in [-0.15, -0.1) is 0 Å². The monoisotopic (exact) mass is 241 g/mol. The van der Waals surface area contributed by atoms with Gasteiger partial charge in [0.05, 0.1) is 24.9 Å². The summed E-state index contributed by atoms with van der Waals surface area (Å²) in [5, 5.41) is 8.64. The van der Waals surface area contributed by atoms with Crippen LogP contribution in [0.15, 0.2) is 6.07 Å². The predicted octanol–water partition coefficient (Wildman–Crippen LogP) is 1.19. The molecule has 1 aromatic rings. The molecule has 5 nitrogen and oxygen atoms in total. The van der Waals surface area contributed by atoms with Crippen molar-refractivity contribution in [3.8, 4) is 6.07 Å². The molecular weight excluding hydrogens is 232 g/mol. The molecule has 0 unspecified atom stereocenters. The van der Waals surface area contributed by atoms with E-state index in [0.717, 1.165) is 13.2 Å². The van der Waals surface area contributed by atoms with E-state index in [1.165, 1.54) is 0 Å². The number of anilines is 1. The quantitative estimate of drug-likeness (QED) is 0.803. The maximum Gasteiger partial charge on any atom is 0.311 e. The number of carbonyl (C=O) groups is 1. The van der Waals surface area contributed by atoms with Gasteiger partial charge >= 0.3 is 5.97 Å². The number of methoxy groups -OCH3 is 1. The molecule has 0 amide bonds. The first-order valence-electron chi connectivity index (χ1n) is 4.54. The zero-order valence-corrected chi connectivity index (χ0v) is 8.91. The Morgan fingerprint density at radius 3 is 2.82 bits per heavy atom. The Morgan fingerprint density at radius 1 is 1.71 bits per heavy atom. The Bertz CT molecular complexity index is 483. The summed E-state index contributed by atoms with van der Waals surface area (Å²) < 4.78 is 29.6. The van der Waals surface area contributed by atoms with Crippen molar-refractivity contribution in [2.75, 3.05) is 12.8 Å². The number of nitriles is 1. The van der Waals surface area contributed by atoms with E-state index in [2.05, 4.69) is 9.72 Å². The largest absolute Gasteiger partial charge is 0.469 e. The number of pyridine rings is 1. The minimum absolute atomic E-state index is 0.0776. The maximum absolute atomic E-state index is 12.6. The third-order valence-electron chi connectivity index (χ3n) is 2.06. The zero-order chi connectivity index (χ0) is 13.0. The Labute approximate surface area is 95.8 Å². The molecule has 0 aliphatic rings. The van der Waals surface area contributed by atoms with Crippen molar-refractivity contribution in [3.05, 3.63) is 23.0 Å². The summed E-state index contributed by atoms with van der Waals surface area (Å²) in [6.07, 6.45) is -3.18. The number of hydrogen-bond acceptors (Lipinski definition) is 5. The van der Waals surface area contributed by atoms with Gasteiger partial charge in [-0.1, -0.05) is 0 Å². The minimum Gasteiger partial charge on any atom is -0.469 e. The molecule has 0 bridgehead atoms. The van der Waals surface area contributed by atoms with Crippen molar-refractivity contribution in [1.29, 1.82) is 5.26 Å². The lowest BCUT2D eigenvalue weighted by molar-refractivity contribution is -0.139. The molecule has 0 saturated heterocycles.